The molecule has 0 spiro atoms. The molecule has 2 atom stereocenters. The predicted molar refractivity (Wildman–Crippen MR) is 154 cm³/mol. The van der Waals surface area contributed by atoms with Crippen molar-refractivity contribution >= 4 is 17.4 Å². The first-order valence-electron chi connectivity index (χ1n) is 14.1. The van der Waals surface area contributed by atoms with Gasteiger partial charge >= 0.3 is 0 Å². The van der Waals surface area contributed by atoms with Crippen molar-refractivity contribution in [2.75, 3.05) is 39.4 Å². The molecule has 41 heavy (non-hydrogen) atoms. The van der Waals surface area contributed by atoms with Gasteiger partial charge in [-0.25, -0.2) is 0 Å². The lowest BCUT2D eigenvalue weighted by molar-refractivity contribution is -0.140. The average Bonchev–Trinajstić information content (AvgIpc) is 3.50. The average molecular weight is 555 g/mol. The number of likely N-dealkylation sites (tertiary alicyclic amines) is 1. The van der Waals surface area contributed by atoms with Crippen LogP contribution < -0.4 is 9.47 Å². The molecule has 0 aromatic heterocycles. The van der Waals surface area contributed by atoms with E-state index in [4.69, 9.17) is 14.2 Å². The Balaban J connectivity index is 1.35. The number of carbonyl (C=O) groups is 2. The summed E-state index contributed by atoms with van der Waals surface area (Å²) < 4.78 is 17.4. The van der Waals surface area contributed by atoms with Crippen LogP contribution in [0.2, 0.25) is 0 Å². The molecule has 0 bridgehead atoms. The maximum Gasteiger partial charge on any atom is 0.295 e. The Labute approximate surface area is 239 Å². The van der Waals surface area contributed by atoms with Crippen molar-refractivity contribution in [3.05, 3.63) is 101 Å². The van der Waals surface area contributed by atoms with Gasteiger partial charge in [0.1, 0.15) is 30.0 Å². The maximum absolute atomic E-state index is 13.5. The van der Waals surface area contributed by atoms with Crippen molar-refractivity contribution in [2.24, 2.45) is 0 Å². The van der Waals surface area contributed by atoms with E-state index in [-0.39, 0.29) is 17.4 Å². The molecule has 2 saturated heterocycles. The number of aliphatic hydroxyl groups excluding tert-OH is 1. The minimum absolute atomic E-state index is 0.0480. The fraction of sp³-hybridized carbons (Fsp3) is 0.333. The second kappa shape index (κ2) is 11.8. The molecule has 2 fully saturated rings. The monoisotopic (exact) mass is 554 g/mol. The number of hydrogen-bond donors (Lipinski definition) is 1. The van der Waals surface area contributed by atoms with Gasteiger partial charge in [0, 0.05) is 38.2 Å². The number of amides is 1. The maximum atomic E-state index is 13.5. The SMILES string of the molecule is C[C@@H]1Cc2cc(C(O)=C3C(=O)C(=O)N(CCN4CCOCC4)[C@@H]3c3cccc(OCc4ccccc4)c3)ccc2O1. The Morgan fingerprint density at radius 3 is 2.59 bits per heavy atom. The molecule has 8 nitrogen and oxygen atoms in total. The summed E-state index contributed by atoms with van der Waals surface area (Å²) in [5.41, 5.74) is 3.29. The molecule has 6 rings (SSSR count). The third-order valence-electron chi connectivity index (χ3n) is 7.89. The molecule has 0 radical (unpaired) electrons. The zero-order valence-electron chi connectivity index (χ0n) is 23.1. The second-order valence-electron chi connectivity index (χ2n) is 10.7. The van der Waals surface area contributed by atoms with Gasteiger partial charge in [0.2, 0.25) is 0 Å². The van der Waals surface area contributed by atoms with Crippen LogP contribution in [0.4, 0.5) is 0 Å². The molecule has 0 unspecified atom stereocenters. The fourth-order valence-corrected chi connectivity index (χ4v) is 5.77. The van der Waals surface area contributed by atoms with Gasteiger partial charge in [-0.05, 0) is 53.9 Å². The molecule has 3 heterocycles. The summed E-state index contributed by atoms with van der Waals surface area (Å²) in [4.78, 5) is 30.8. The van der Waals surface area contributed by atoms with E-state index in [1.54, 1.807) is 11.0 Å². The first-order chi connectivity index (χ1) is 20.0. The van der Waals surface area contributed by atoms with Gasteiger partial charge in [0.25, 0.3) is 11.7 Å². The van der Waals surface area contributed by atoms with Crippen LogP contribution in [0.1, 0.15) is 35.2 Å². The summed E-state index contributed by atoms with van der Waals surface area (Å²) in [7, 11) is 0. The smallest absolute Gasteiger partial charge is 0.295 e. The van der Waals surface area contributed by atoms with Gasteiger partial charge in [0.15, 0.2) is 0 Å². The minimum Gasteiger partial charge on any atom is -0.507 e. The van der Waals surface area contributed by atoms with Crippen LogP contribution >= 0.6 is 0 Å². The third-order valence-corrected chi connectivity index (χ3v) is 7.89. The Bertz CT molecular complexity index is 1460. The lowest BCUT2D eigenvalue weighted by atomic mass is 9.94. The van der Waals surface area contributed by atoms with E-state index in [1.807, 2.05) is 73.7 Å². The zero-order valence-corrected chi connectivity index (χ0v) is 23.1. The van der Waals surface area contributed by atoms with Crippen LogP contribution in [-0.4, -0.2) is 72.1 Å². The molecule has 3 aliphatic rings. The van der Waals surface area contributed by atoms with Crippen LogP contribution in [0.15, 0.2) is 78.4 Å². The Hall–Kier alpha value is -4.14. The summed E-state index contributed by atoms with van der Waals surface area (Å²) in [5, 5.41) is 11.6. The predicted octanol–water partition coefficient (Wildman–Crippen LogP) is 4.34. The highest BCUT2D eigenvalue weighted by atomic mass is 16.5. The van der Waals surface area contributed by atoms with E-state index in [2.05, 4.69) is 4.90 Å². The fourth-order valence-electron chi connectivity index (χ4n) is 5.77. The number of rotatable bonds is 8. The molecular weight excluding hydrogens is 520 g/mol. The summed E-state index contributed by atoms with van der Waals surface area (Å²) in [6.07, 6.45) is 0.765. The number of Topliss-reactive ketones (excluding diaryl/α,β-unsaturated/α-hetero) is 1. The number of morpholine rings is 1. The molecule has 3 aliphatic heterocycles. The van der Waals surface area contributed by atoms with E-state index in [9.17, 15) is 14.7 Å². The molecule has 3 aromatic rings. The standard InChI is InChI=1S/C33H34N2O6/c1-22-18-26-19-25(10-11-28(26)41-22)31(36)29-30(35(33(38)32(29)37)13-12-34-14-16-39-17-15-34)24-8-5-9-27(20-24)40-21-23-6-3-2-4-7-23/h2-11,19-20,22,30,36H,12-18,21H2,1H3/t22-,30-/m1/s1. The van der Waals surface area contributed by atoms with E-state index in [0.29, 0.717) is 56.2 Å². The Kier molecular flexibility index (Phi) is 7.76. The number of ketones is 1. The van der Waals surface area contributed by atoms with Crippen molar-refractivity contribution in [1.29, 1.82) is 0 Å². The van der Waals surface area contributed by atoms with Gasteiger partial charge in [0.05, 0.1) is 24.8 Å². The largest absolute Gasteiger partial charge is 0.507 e. The van der Waals surface area contributed by atoms with Gasteiger partial charge in [-0.1, -0.05) is 42.5 Å². The second-order valence-corrected chi connectivity index (χ2v) is 10.7. The lowest BCUT2D eigenvalue weighted by Gasteiger charge is -2.31. The normalized spacial score (nSPS) is 22.0. The van der Waals surface area contributed by atoms with Crippen LogP contribution in [0.25, 0.3) is 5.76 Å². The van der Waals surface area contributed by atoms with Gasteiger partial charge < -0.3 is 24.2 Å². The number of aliphatic hydroxyl groups is 1. The molecule has 0 saturated carbocycles. The molecule has 0 aliphatic carbocycles. The van der Waals surface area contributed by atoms with Gasteiger partial charge in [-0.15, -0.1) is 0 Å². The third kappa shape index (κ3) is 5.71. The van der Waals surface area contributed by atoms with Crippen molar-refractivity contribution in [2.45, 2.75) is 32.1 Å². The number of fused-ring (bicyclic) bond motifs is 1. The van der Waals surface area contributed by atoms with E-state index in [0.717, 1.165) is 30.0 Å². The molecule has 212 valence electrons. The van der Waals surface area contributed by atoms with Crippen molar-refractivity contribution < 1.29 is 28.9 Å². The van der Waals surface area contributed by atoms with E-state index >= 15 is 0 Å². The summed E-state index contributed by atoms with van der Waals surface area (Å²) in [6, 6.07) is 22.0. The van der Waals surface area contributed by atoms with Crippen molar-refractivity contribution in [3.63, 3.8) is 0 Å². The van der Waals surface area contributed by atoms with E-state index in [1.165, 1.54) is 0 Å². The Morgan fingerprint density at radius 2 is 1.78 bits per heavy atom. The summed E-state index contributed by atoms with van der Waals surface area (Å²) in [5.74, 6) is -0.0810. The van der Waals surface area contributed by atoms with Crippen molar-refractivity contribution in [1.82, 2.24) is 9.80 Å². The number of ether oxygens (including phenoxy) is 3. The first kappa shape index (κ1) is 27.1. The quantitative estimate of drug-likeness (QED) is 0.252. The summed E-state index contributed by atoms with van der Waals surface area (Å²) in [6.45, 7) is 6.15. The van der Waals surface area contributed by atoms with Crippen LogP contribution in [0.5, 0.6) is 11.5 Å². The molecule has 1 N–H and O–H groups in total. The number of carbonyl (C=O) groups excluding carboxylic acids is 2. The lowest BCUT2D eigenvalue weighted by Crippen LogP contribution is -2.42. The van der Waals surface area contributed by atoms with Crippen LogP contribution in [-0.2, 0) is 27.4 Å². The number of hydrogen-bond acceptors (Lipinski definition) is 7. The van der Waals surface area contributed by atoms with Crippen molar-refractivity contribution in [3.8, 4) is 11.5 Å². The molecule has 3 aromatic carbocycles. The highest BCUT2D eigenvalue weighted by molar-refractivity contribution is 6.46. The highest BCUT2D eigenvalue weighted by Gasteiger charge is 2.46. The number of nitrogens with zero attached hydrogens (tertiary/aromatic N) is 2. The molecule has 1 amide bonds. The van der Waals surface area contributed by atoms with Crippen LogP contribution in [0, 0.1) is 0 Å². The zero-order chi connectivity index (χ0) is 28.3. The van der Waals surface area contributed by atoms with Gasteiger partial charge in [-0.3, -0.25) is 14.5 Å². The molecular formula is C33H34N2O6. The Morgan fingerprint density at radius 1 is 0.976 bits per heavy atom. The minimum atomic E-state index is -0.750. The van der Waals surface area contributed by atoms with Gasteiger partial charge in [-0.2, -0.15) is 0 Å². The molecule has 8 heteroatoms. The summed E-state index contributed by atoms with van der Waals surface area (Å²) >= 11 is 0. The van der Waals surface area contributed by atoms with Crippen LogP contribution in [0.3, 0.4) is 0 Å². The van der Waals surface area contributed by atoms with E-state index < -0.39 is 17.7 Å². The number of benzene rings is 3. The highest BCUT2D eigenvalue weighted by Crippen LogP contribution is 2.41. The topological polar surface area (TPSA) is 88.5 Å². The first-order valence-corrected chi connectivity index (χ1v) is 14.1.